The van der Waals surface area contributed by atoms with Crippen molar-refractivity contribution in [1.29, 1.82) is 0 Å². The van der Waals surface area contributed by atoms with Gasteiger partial charge in [-0.15, -0.1) is 0 Å². The first-order valence-electron chi connectivity index (χ1n) is 5.16. The van der Waals surface area contributed by atoms with Gasteiger partial charge in [-0.05, 0) is 18.4 Å². The fraction of sp³-hybridized carbons (Fsp3) is 0.364. The molecule has 0 fully saturated rings. The van der Waals surface area contributed by atoms with Crippen LogP contribution in [0.2, 0.25) is 10.0 Å². The lowest BCUT2D eigenvalue weighted by atomic mass is 10.3. The molecule has 3 nitrogen and oxygen atoms in total. The van der Waals surface area contributed by atoms with Gasteiger partial charge in [0.1, 0.15) is 0 Å². The number of imidazole rings is 1. The molecule has 0 spiro atoms. The summed E-state index contributed by atoms with van der Waals surface area (Å²) in [5.41, 5.74) is 7.62. The molecule has 0 aliphatic heterocycles. The van der Waals surface area contributed by atoms with Crippen molar-refractivity contribution < 1.29 is 0 Å². The van der Waals surface area contributed by atoms with Crippen LogP contribution in [0.4, 0.5) is 5.95 Å². The quantitative estimate of drug-likeness (QED) is 0.937. The number of aromatic nitrogens is 2. The highest BCUT2D eigenvalue weighted by Crippen LogP contribution is 2.29. The summed E-state index contributed by atoms with van der Waals surface area (Å²) in [6.45, 7) is 2.95. The van der Waals surface area contributed by atoms with E-state index >= 15 is 0 Å². The average molecular weight is 290 g/mol. The van der Waals surface area contributed by atoms with E-state index in [2.05, 4.69) is 18.2 Å². The first-order valence-corrected chi connectivity index (χ1v) is 7.21. The number of nitrogens with two attached hydrogens (primary N) is 1. The minimum absolute atomic E-state index is 0.462. The van der Waals surface area contributed by atoms with Crippen molar-refractivity contribution in [3.8, 4) is 0 Å². The largest absolute Gasteiger partial charge is 0.369 e. The number of nitrogen functional groups attached to an aromatic ring is 1. The normalized spacial score (nSPS) is 13.2. The van der Waals surface area contributed by atoms with E-state index in [1.165, 1.54) is 0 Å². The molecule has 0 aliphatic carbocycles. The van der Waals surface area contributed by atoms with Gasteiger partial charge in [-0.3, -0.25) is 0 Å². The van der Waals surface area contributed by atoms with Gasteiger partial charge in [-0.25, -0.2) is 4.98 Å². The molecule has 2 aromatic rings. The summed E-state index contributed by atoms with van der Waals surface area (Å²) in [6.07, 6.45) is 2.07. The zero-order valence-corrected chi connectivity index (χ0v) is 11.9. The molecule has 92 valence electrons. The highest BCUT2D eigenvalue weighted by atomic mass is 35.5. The molecule has 0 aliphatic rings. The second-order valence-corrected chi connectivity index (χ2v) is 5.97. The molecule has 2 rings (SSSR count). The summed E-state index contributed by atoms with van der Waals surface area (Å²) in [4.78, 5) is 4.29. The molecule has 2 N–H and O–H groups in total. The maximum absolute atomic E-state index is 6.02. The van der Waals surface area contributed by atoms with Crippen LogP contribution in [-0.2, 0) is 6.54 Å². The smallest absolute Gasteiger partial charge is 0.201 e. The Kier molecular flexibility index (Phi) is 3.76. The molecule has 17 heavy (non-hydrogen) atoms. The monoisotopic (exact) mass is 289 g/mol. The third-order valence-corrected chi connectivity index (χ3v) is 4.34. The number of thioether (sulfide) groups is 1. The van der Waals surface area contributed by atoms with Crippen molar-refractivity contribution in [1.82, 2.24) is 9.55 Å². The molecule has 0 saturated heterocycles. The highest BCUT2D eigenvalue weighted by Gasteiger charge is 2.12. The van der Waals surface area contributed by atoms with E-state index in [0.717, 1.165) is 17.6 Å². The third kappa shape index (κ3) is 2.49. The Labute approximate surface area is 114 Å². The van der Waals surface area contributed by atoms with Crippen LogP contribution in [0.15, 0.2) is 12.1 Å². The second kappa shape index (κ2) is 4.96. The predicted molar refractivity (Wildman–Crippen MR) is 77.1 cm³/mol. The Morgan fingerprint density at radius 3 is 2.71 bits per heavy atom. The molecule has 1 heterocycles. The zero-order valence-electron chi connectivity index (χ0n) is 9.58. The summed E-state index contributed by atoms with van der Waals surface area (Å²) in [7, 11) is 0. The van der Waals surface area contributed by atoms with E-state index in [9.17, 15) is 0 Å². The maximum atomic E-state index is 6.02. The number of rotatable bonds is 3. The van der Waals surface area contributed by atoms with Crippen molar-refractivity contribution in [3.63, 3.8) is 0 Å². The Morgan fingerprint density at radius 2 is 2.06 bits per heavy atom. The van der Waals surface area contributed by atoms with Gasteiger partial charge in [0.05, 0.1) is 21.1 Å². The van der Waals surface area contributed by atoms with Crippen molar-refractivity contribution >= 4 is 51.9 Å². The average Bonchev–Trinajstić information content (AvgIpc) is 2.56. The van der Waals surface area contributed by atoms with Gasteiger partial charge < -0.3 is 10.3 Å². The molecule has 1 aromatic carbocycles. The lowest BCUT2D eigenvalue weighted by Gasteiger charge is -2.11. The Hall–Kier alpha value is -0.580. The van der Waals surface area contributed by atoms with Crippen LogP contribution < -0.4 is 5.73 Å². The van der Waals surface area contributed by atoms with E-state index in [1.807, 2.05) is 10.6 Å². The molecule has 1 atom stereocenters. The number of hydrogen-bond donors (Lipinski definition) is 1. The molecule has 6 heteroatoms. The SMILES string of the molecule is CSC(C)Cn1c(N)nc2cc(Cl)c(Cl)cc21. The number of anilines is 1. The second-order valence-electron chi connectivity index (χ2n) is 3.88. The van der Waals surface area contributed by atoms with E-state index in [-0.39, 0.29) is 0 Å². The fourth-order valence-corrected chi connectivity index (χ4v) is 2.28. The lowest BCUT2D eigenvalue weighted by molar-refractivity contribution is 0.721. The van der Waals surface area contributed by atoms with Gasteiger partial charge in [-0.1, -0.05) is 30.1 Å². The van der Waals surface area contributed by atoms with Crippen LogP contribution in [0, 0.1) is 0 Å². The lowest BCUT2D eigenvalue weighted by Crippen LogP contribution is -2.11. The van der Waals surface area contributed by atoms with Gasteiger partial charge in [0, 0.05) is 11.8 Å². The molecule has 0 amide bonds. The molecular formula is C11H13Cl2N3S. The van der Waals surface area contributed by atoms with Gasteiger partial charge in [0.25, 0.3) is 0 Å². The summed E-state index contributed by atoms with van der Waals surface area (Å²) in [6, 6.07) is 3.56. The van der Waals surface area contributed by atoms with Crippen LogP contribution >= 0.6 is 35.0 Å². The van der Waals surface area contributed by atoms with Crippen molar-refractivity contribution in [2.75, 3.05) is 12.0 Å². The number of hydrogen-bond acceptors (Lipinski definition) is 3. The van der Waals surface area contributed by atoms with Crippen LogP contribution in [-0.4, -0.2) is 21.1 Å². The molecule has 1 aromatic heterocycles. The number of nitrogens with zero attached hydrogens (tertiary/aromatic N) is 2. The first-order chi connectivity index (χ1) is 8.02. The van der Waals surface area contributed by atoms with E-state index in [4.69, 9.17) is 28.9 Å². The van der Waals surface area contributed by atoms with Crippen LogP contribution in [0.1, 0.15) is 6.92 Å². The minimum atomic E-state index is 0.462. The Balaban J connectivity index is 2.54. The van der Waals surface area contributed by atoms with Crippen molar-refractivity contribution in [2.24, 2.45) is 0 Å². The molecule has 1 unspecified atom stereocenters. The van der Waals surface area contributed by atoms with E-state index < -0.39 is 0 Å². The van der Waals surface area contributed by atoms with Gasteiger partial charge >= 0.3 is 0 Å². The van der Waals surface area contributed by atoms with Gasteiger partial charge in [0.15, 0.2) is 0 Å². The zero-order chi connectivity index (χ0) is 12.6. The standard InChI is InChI=1S/C11H13Cl2N3S/c1-6(17-2)5-16-10-4-8(13)7(12)3-9(10)15-11(16)14/h3-4,6H,5H2,1-2H3,(H2,14,15). The molecule has 0 bridgehead atoms. The summed E-state index contributed by atoms with van der Waals surface area (Å²) in [5, 5.41) is 1.49. The molecular weight excluding hydrogens is 277 g/mol. The molecule has 0 saturated carbocycles. The summed E-state index contributed by atoms with van der Waals surface area (Å²) in [5.74, 6) is 0.499. The minimum Gasteiger partial charge on any atom is -0.369 e. The maximum Gasteiger partial charge on any atom is 0.201 e. The van der Waals surface area contributed by atoms with E-state index in [1.54, 1.807) is 17.8 Å². The Morgan fingerprint density at radius 1 is 1.41 bits per heavy atom. The highest BCUT2D eigenvalue weighted by molar-refractivity contribution is 7.99. The van der Waals surface area contributed by atoms with Crippen LogP contribution in [0.3, 0.4) is 0 Å². The summed E-state index contributed by atoms with van der Waals surface area (Å²) >= 11 is 13.8. The number of fused-ring (bicyclic) bond motifs is 1. The Bertz CT molecular complexity index is 553. The molecule has 0 radical (unpaired) electrons. The van der Waals surface area contributed by atoms with E-state index in [0.29, 0.717) is 21.2 Å². The van der Waals surface area contributed by atoms with Crippen LogP contribution in [0.25, 0.3) is 11.0 Å². The topological polar surface area (TPSA) is 43.8 Å². The van der Waals surface area contributed by atoms with Gasteiger partial charge in [0.2, 0.25) is 5.95 Å². The number of halogens is 2. The first kappa shape index (κ1) is 12.9. The summed E-state index contributed by atoms with van der Waals surface area (Å²) < 4.78 is 1.97. The van der Waals surface area contributed by atoms with Crippen molar-refractivity contribution in [3.05, 3.63) is 22.2 Å². The third-order valence-electron chi connectivity index (χ3n) is 2.66. The van der Waals surface area contributed by atoms with Gasteiger partial charge in [-0.2, -0.15) is 11.8 Å². The predicted octanol–water partition coefficient (Wildman–Crippen LogP) is 3.68. The fourth-order valence-electron chi connectivity index (χ4n) is 1.66. The van der Waals surface area contributed by atoms with Crippen molar-refractivity contribution in [2.45, 2.75) is 18.7 Å². The van der Waals surface area contributed by atoms with Crippen LogP contribution in [0.5, 0.6) is 0 Å². The number of benzene rings is 1.